The Kier molecular flexibility index (Phi) is 59.3. The molecule has 2 unspecified atom stereocenters. The first-order valence-corrected chi connectivity index (χ1v) is 56.3. The average Bonchev–Trinajstić information content (AvgIpc) is 0.856. The van der Waals surface area contributed by atoms with Crippen LogP contribution in [0.1, 0.15) is 112 Å². The van der Waals surface area contributed by atoms with Crippen molar-refractivity contribution in [3.8, 4) is 0 Å². The molecular formula is C105H135N7O19S8. The fourth-order valence-electron chi connectivity index (χ4n) is 12.9. The molecule has 0 radical (unpaired) electrons. The number of alkyl carbamates (subject to hydrolysis) is 1. The molecule has 0 fully saturated rings. The van der Waals surface area contributed by atoms with Gasteiger partial charge < -0.3 is 70.9 Å². The van der Waals surface area contributed by atoms with Gasteiger partial charge in [-0.1, -0.05) is 311 Å². The number of thiol groups is 1. The third-order valence-corrected chi connectivity index (χ3v) is 29.8. The normalized spacial score (nSPS) is 12.9. The number of carbonyl (C=O) groups is 6. The molecular weight excluding hydrogens is 1920 g/mol. The van der Waals surface area contributed by atoms with Gasteiger partial charge in [-0.15, -0.1) is 0 Å². The number of nitrogens with one attached hydrogen (secondary N) is 6. The van der Waals surface area contributed by atoms with Gasteiger partial charge in [0, 0.05) is 103 Å². The quantitative estimate of drug-likeness (QED) is 0.00961. The van der Waals surface area contributed by atoms with E-state index in [1.165, 1.54) is 41.8 Å². The van der Waals surface area contributed by atoms with Gasteiger partial charge in [-0.2, -0.15) is 0 Å². The Morgan fingerprint density at radius 2 is 0.619 bits per heavy atom. The van der Waals surface area contributed by atoms with Crippen LogP contribution in [0.25, 0.3) is 0 Å². The number of aliphatic hydroxyl groups is 2. The molecule has 0 aliphatic rings. The van der Waals surface area contributed by atoms with Gasteiger partial charge in [0.2, 0.25) is 29.5 Å². The number of sulfone groups is 3. The van der Waals surface area contributed by atoms with E-state index in [9.17, 15) is 54.0 Å². The van der Waals surface area contributed by atoms with Crippen LogP contribution in [0.15, 0.2) is 322 Å². The zero-order valence-electron chi connectivity index (χ0n) is 79.1. The molecule has 26 nitrogen and oxygen atoms in total. The number of benzene rings is 9. The van der Waals surface area contributed by atoms with Crippen molar-refractivity contribution in [3.05, 3.63) is 341 Å². The summed E-state index contributed by atoms with van der Waals surface area (Å²) in [5.41, 5.74) is 11.3. The maximum absolute atomic E-state index is 13.7. The van der Waals surface area contributed by atoms with E-state index < -0.39 is 89.3 Å². The summed E-state index contributed by atoms with van der Waals surface area (Å²) in [6.45, 7) is 9.47. The monoisotopic (exact) mass is 2050 g/mol. The Labute approximate surface area is 843 Å². The van der Waals surface area contributed by atoms with Crippen LogP contribution in [0.4, 0.5) is 4.79 Å². The molecule has 0 heterocycles. The third-order valence-electron chi connectivity index (χ3n) is 20.1. The molecule has 6 amide bonds. The van der Waals surface area contributed by atoms with Crippen molar-refractivity contribution in [2.45, 2.75) is 174 Å². The van der Waals surface area contributed by atoms with Crippen molar-refractivity contribution in [1.29, 1.82) is 0 Å². The van der Waals surface area contributed by atoms with Crippen molar-refractivity contribution in [2.24, 2.45) is 5.73 Å². The van der Waals surface area contributed by atoms with Gasteiger partial charge in [0.05, 0.1) is 66.8 Å². The van der Waals surface area contributed by atoms with E-state index in [1.807, 2.05) is 204 Å². The minimum absolute atomic E-state index is 0.0484. The molecule has 0 bridgehead atoms. The number of amides is 6. The summed E-state index contributed by atoms with van der Waals surface area (Å²) in [6.07, 6.45) is 12.4. The first-order valence-electron chi connectivity index (χ1n) is 46.2. The fraction of sp³-hybridized carbons (Fsp3) is 0.371. The molecule has 6 atom stereocenters. The molecule has 0 aromatic heterocycles. The molecule has 139 heavy (non-hydrogen) atoms. The number of hydrogen-bond acceptors (Lipinski definition) is 25. The van der Waals surface area contributed by atoms with E-state index in [4.69, 9.17) is 39.6 Å². The van der Waals surface area contributed by atoms with E-state index in [2.05, 4.69) is 44.1 Å². The van der Waals surface area contributed by atoms with Gasteiger partial charge in [0.1, 0.15) is 17.7 Å². The van der Waals surface area contributed by atoms with E-state index in [1.54, 1.807) is 115 Å². The second-order valence-corrected chi connectivity index (χ2v) is 43.7. The number of carbonyl (C=O) groups excluding carboxylic acids is 6. The van der Waals surface area contributed by atoms with E-state index >= 15 is 0 Å². The van der Waals surface area contributed by atoms with Gasteiger partial charge in [0.15, 0.2) is 29.5 Å². The van der Waals surface area contributed by atoms with Gasteiger partial charge in [-0.3, -0.25) is 24.0 Å². The van der Waals surface area contributed by atoms with Crippen LogP contribution >= 0.6 is 56.0 Å². The number of nitrogens with two attached hydrogens (primary N) is 1. The molecule has 0 saturated carbocycles. The van der Waals surface area contributed by atoms with Crippen LogP contribution in [-0.2, 0) is 116 Å². The topological polar surface area (TPSA) is 390 Å². The maximum Gasteiger partial charge on any atom is 0.408 e. The molecule has 10 N–H and O–H groups in total. The Hall–Kier alpha value is -9.86. The SMILES string of the molecule is CC(C)(C)OC(=O)NC(Cc1ccccc1)C(=O)N[C@H](/C=C/S(=O)(=O)c1ccccc1)CCc1ccccc1.NC(Cc1ccccc1)C(=O)N[C@H](/C=C/S(=O)(=O)c1ccccc1)CCc1ccccc1.O=C(CCOCCCSSCCCOCCO)NS.O=C(CCOCCCSSCCCOCCO)N[C@@H](Cc1ccccc1)C(=O)N[C@H](/C=C/S(=O)(=O)c1ccccc1)CCc1ccccc1. The second kappa shape index (κ2) is 69.9. The first-order chi connectivity index (χ1) is 67.1. The Bertz CT molecular complexity index is 5350. The van der Waals surface area contributed by atoms with Crippen molar-refractivity contribution in [1.82, 2.24) is 31.3 Å². The number of hydrogen-bond donors (Lipinski definition) is 10. The lowest BCUT2D eigenvalue weighted by atomic mass is 10.0. The molecule has 9 aromatic rings. The minimum Gasteiger partial charge on any atom is -0.444 e. The number of ether oxygens (including phenoxy) is 5. The van der Waals surface area contributed by atoms with Crippen LogP contribution in [0.3, 0.4) is 0 Å². The van der Waals surface area contributed by atoms with Crippen molar-refractivity contribution in [3.63, 3.8) is 0 Å². The molecule has 34 heteroatoms. The van der Waals surface area contributed by atoms with Crippen LogP contribution in [-0.4, -0.2) is 202 Å². The summed E-state index contributed by atoms with van der Waals surface area (Å²) < 4.78 is 106. The number of aliphatic hydroxyl groups excluding tert-OH is 2. The van der Waals surface area contributed by atoms with Crippen LogP contribution in [0, 0.1) is 0 Å². The molecule has 0 aliphatic heterocycles. The highest BCUT2D eigenvalue weighted by Crippen LogP contribution is 2.25. The predicted molar refractivity (Wildman–Crippen MR) is 564 cm³/mol. The van der Waals surface area contributed by atoms with Crippen molar-refractivity contribution < 1.29 is 87.9 Å². The fourth-order valence-corrected chi connectivity index (χ4v) is 20.5. The van der Waals surface area contributed by atoms with Crippen molar-refractivity contribution in [2.75, 3.05) is 89.1 Å². The lowest BCUT2D eigenvalue weighted by Gasteiger charge is -2.25. The zero-order chi connectivity index (χ0) is 100. The van der Waals surface area contributed by atoms with Crippen LogP contribution in [0.5, 0.6) is 0 Å². The Morgan fingerprint density at radius 3 is 0.914 bits per heavy atom. The summed E-state index contributed by atoms with van der Waals surface area (Å²) in [5.74, 6) is 2.45. The summed E-state index contributed by atoms with van der Waals surface area (Å²) in [4.78, 5) is 76.9. The van der Waals surface area contributed by atoms with Crippen LogP contribution in [0.2, 0.25) is 0 Å². The highest BCUT2D eigenvalue weighted by molar-refractivity contribution is 8.77. The summed E-state index contributed by atoms with van der Waals surface area (Å²) >= 11 is 3.65. The highest BCUT2D eigenvalue weighted by atomic mass is 33.1. The average molecular weight is 2060 g/mol. The minimum atomic E-state index is -3.72. The molecule has 9 rings (SSSR count). The lowest BCUT2D eigenvalue weighted by molar-refractivity contribution is -0.129. The molecule has 752 valence electrons. The lowest BCUT2D eigenvalue weighted by Crippen LogP contribution is -2.51. The van der Waals surface area contributed by atoms with Crippen LogP contribution < -0.4 is 37.0 Å². The number of aryl methyl sites for hydroxylation is 3. The number of rotatable bonds is 60. The first kappa shape index (κ1) is 118. The van der Waals surface area contributed by atoms with Gasteiger partial charge >= 0.3 is 6.09 Å². The maximum atomic E-state index is 13.7. The smallest absolute Gasteiger partial charge is 0.408 e. The predicted octanol–water partition coefficient (Wildman–Crippen LogP) is 15.8. The Morgan fingerprint density at radius 1 is 0.353 bits per heavy atom. The third kappa shape index (κ3) is 54.1. The largest absolute Gasteiger partial charge is 0.444 e. The van der Waals surface area contributed by atoms with Gasteiger partial charge in [0.25, 0.3) is 0 Å². The highest BCUT2D eigenvalue weighted by Gasteiger charge is 2.29. The second-order valence-electron chi connectivity index (χ2n) is 32.6. The van der Waals surface area contributed by atoms with E-state index in [0.29, 0.717) is 97.6 Å². The molecule has 0 aliphatic carbocycles. The zero-order valence-corrected chi connectivity index (χ0v) is 85.7. The molecule has 9 aromatic carbocycles. The molecule has 0 spiro atoms. The summed E-state index contributed by atoms with van der Waals surface area (Å²) in [6, 6.07) is 78.0. The summed E-state index contributed by atoms with van der Waals surface area (Å²) in [7, 11) is -3.82. The van der Waals surface area contributed by atoms with Gasteiger partial charge in [-0.05, 0) is 161 Å². The van der Waals surface area contributed by atoms with Gasteiger partial charge in [-0.25, -0.2) is 30.0 Å². The Balaban J connectivity index is 0.000000297. The summed E-state index contributed by atoms with van der Waals surface area (Å²) in [5, 5.41) is 35.1. The van der Waals surface area contributed by atoms with Crippen molar-refractivity contribution >= 4 is 121 Å². The molecule has 0 saturated heterocycles. The standard InChI is InChI=1S/C37H48N2O7S3.C31H36N2O5S.C26H28N2O3S.C11H23NO4S3/c40-22-26-46-24-11-28-48-47-27-10-23-45-25-20-36(41)39-35(30-32-14-6-2-7-15-32)37(42)38-33(19-18-31-12-4-1-5-13-31)21-29-49(43,44)34-16-8-3-9-17-34;1-31(2,3)38-30(35)33-28(23-25-15-9-5-10-16-25)29(34)32-26(20-19-24-13-7-4-8-14-24)21-22-39(36,37)27-17-11-6-12-18-27;27-25(20-22-12-6-2-7-13-22)26(29)28-23(17-16-21-10-4-1-5-11-21)18-19-32(30,31)24-14-8-3-9-15-24;13-4-8-16-6-2-10-19-18-9-1-5-15-7-3-11(14)12-17/h1-9,12-17,21,29,33,35,40H,10-11,18-20,22-28,30H2,(H,38,42)(H,39,41);4-18,21-22,26,28H,19-20,23H2,1-3H3,(H,32,34)(H,33,35);1-15,18-19,23,25H,16-17,20,27H2,(H,28,29);13,17H,1-10H2,(H,12,14)/b29-21+;22-21+;19-18+;/t33-,35-;26-,28?;23-,25?;/m000./s1. The van der Waals surface area contributed by atoms with E-state index in [0.717, 1.165) is 92.9 Å². The van der Waals surface area contributed by atoms with E-state index in [-0.39, 0.29) is 71.5 Å².